The van der Waals surface area contributed by atoms with Crippen LogP contribution in [0.2, 0.25) is 0 Å². The number of carbonyl (C=O) groups excluding carboxylic acids is 6. The Kier molecular flexibility index (Phi) is 19.0. The molecule has 0 aliphatic rings. The molecule has 0 fully saturated rings. The van der Waals surface area contributed by atoms with Gasteiger partial charge < -0.3 is 18.9 Å². The first-order valence-electron chi connectivity index (χ1n) is 15.5. The number of esters is 4. The summed E-state index contributed by atoms with van der Waals surface area (Å²) in [6.07, 6.45) is 2.29. The number of benzene rings is 4. The summed E-state index contributed by atoms with van der Waals surface area (Å²) < 4.78 is 18.1. The molecule has 1 N–H and O–H groups in total. The Labute approximate surface area is 310 Å². The van der Waals surface area contributed by atoms with Gasteiger partial charge in [0.05, 0.1) is 63.4 Å². The fourth-order valence-electron chi connectivity index (χ4n) is 3.91. The predicted molar refractivity (Wildman–Crippen MR) is 199 cm³/mol. The minimum atomic E-state index is -0.703. The number of rotatable bonds is 12. The van der Waals surface area contributed by atoms with Gasteiger partial charge in [-0.25, -0.2) is 9.59 Å². The molecule has 276 valence electrons. The van der Waals surface area contributed by atoms with Gasteiger partial charge in [0.15, 0.2) is 0 Å². The average molecular weight is 745 g/mol. The fourth-order valence-corrected chi connectivity index (χ4v) is 4.01. The largest absolute Gasteiger partial charge is 0.469 e. The van der Waals surface area contributed by atoms with Crippen LogP contribution in [-0.4, -0.2) is 75.9 Å². The van der Waals surface area contributed by atoms with Gasteiger partial charge in [-0.2, -0.15) is 15.2 Å². The smallest absolute Gasteiger partial charge is 0.340 e. The minimum Gasteiger partial charge on any atom is -0.469 e. The Bertz CT molecular complexity index is 1890. The lowest BCUT2D eigenvalue weighted by atomic mass is 10.1. The van der Waals surface area contributed by atoms with Crippen molar-refractivity contribution in [3.8, 4) is 0 Å². The third-order valence-electron chi connectivity index (χ3n) is 6.46. The minimum absolute atomic E-state index is 0.151. The van der Waals surface area contributed by atoms with Gasteiger partial charge in [-0.05, 0) is 47.0 Å². The van der Waals surface area contributed by atoms with Crippen LogP contribution in [-0.2, 0) is 38.1 Å². The summed E-state index contributed by atoms with van der Waals surface area (Å²) in [6, 6.07) is 32.2. The molecule has 0 aliphatic heterocycles. The van der Waals surface area contributed by atoms with Gasteiger partial charge in [0, 0.05) is 0 Å². The summed E-state index contributed by atoms with van der Waals surface area (Å²) in [5.41, 5.74) is 6.00. The number of hydrogen-bond acceptors (Lipinski definition) is 13. The number of anilines is 2. The molecule has 0 saturated carbocycles. The van der Waals surface area contributed by atoms with Crippen LogP contribution in [0.1, 0.15) is 44.7 Å². The Morgan fingerprint density at radius 3 is 1.60 bits per heavy atom. The van der Waals surface area contributed by atoms with Crippen molar-refractivity contribution in [2.45, 2.75) is 12.8 Å². The van der Waals surface area contributed by atoms with Gasteiger partial charge in [-0.15, -0.1) is 0 Å². The molecule has 0 spiro atoms. The van der Waals surface area contributed by atoms with E-state index in [0.717, 1.165) is 16.1 Å². The number of nitrogens with zero attached hydrogens (tertiary/aromatic N) is 3. The molecule has 1 amide bonds. The average Bonchev–Trinajstić information content (AvgIpc) is 3.18. The first-order chi connectivity index (χ1) is 25.5. The molecule has 4 rings (SSSR count). The van der Waals surface area contributed by atoms with Crippen molar-refractivity contribution in [3.05, 3.63) is 131 Å². The molecule has 4 aromatic carbocycles. The summed E-state index contributed by atoms with van der Waals surface area (Å²) >= 11 is 4.81. The predicted octanol–water partition coefficient (Wildman–Crippen LogP) is 5.64. The van der Waals surface area contributed by atoms with Crippen LogP contribution >= 0.6 is 11.6 Å². The first-order valence-corrected chi connectivity index (χ1v) is 15.8. The van der Waals surface area contributed by atoms with Crippen LogP contribution in [0.5, 0.6) is 0 Å². The van der Waals surface area contributed by atoms with E-state index in [2.05, 4.69) is 25.1 Å². The maximum atomic E-state index is 12.6. The molecular weight excluding hydrogens is 708 g/mol. The molecule has 0 aliphatic carbocycles. The third-order valence-corrected chi connectivity index (χ3v) is 6.59. The van der Waals surface area contributed by atoms with Crippen molar-refractivity contribution in [3.63, 3.8) is 0 Å². The molecule has 4 aromatic rings. The number of hydrogen-bond donors (Lipinski definition) is 1. The maximum absolute atomic E-state index is 12.6. The van der Waals surface area contributed by atoms with E-state index in [4.69, 9.17) is 21.1 Å². The van der Waals surface area contributed by atoms with E-state index in [-0.39, 0.29) is 17.7 Å². The van der Waals surface area contributed by atoms with Crippen LogP contribution in [0, 0.1) is 0 Å². The highest BCUT2D eigenvalue weighted by Crippen LogP contribution is 2.23. The number of methoxy groups -OCH3 is 4. The van der Waals surface area contributed by atoms with E-state index < -0.39 is 41.4 Å². The Balaban J connectivity index is 0.000000314. The molecule has 0 radical (unpaired) electrons. The van der Waals surface area contributed by atoms with Crippen molar-refractivity contribution in [1.29, 1.82) is 0 Å². The number of amides is 1. The van der Waals surface area contributed by atoms with E-state index in [1.54, 1.807) is 54.7 Å². The summed E-state index contributed by atoms with van der Waals surface area (Å²) in [5, 5.41) is 8.58. The van der Waals surface area contributed by atoms with E-state index >= 15 is 0 Å². The second kappa shape index (κ2) is 23.7. The van der Waals surface area contributed by atoms with Gasteiger partial charge in [0.1, 0.15) is 12.8 Å². The molecular formula is C38H37ClN4O10. The number of para-hydroxylation sites is 2. The second-order valence-electron chi connectivity index (χ2n) is 10.0. The fraction of sp³-hybridized carbons (Fsp3) is 0.158. The van der Waals surface area contributed by atoms with E-state index in [1.807, 2.05) is 54.6 Å². The lowest BCUT2D eigenvalue weighted by Gasteiger charge is -2.19. The molecule has 0 unspecified atom stereocenters. The summed E-state index contributed by atoms with van der Waals surface area (Å²) in [4.78, 5) is 67.6. The van der Waals surface area contributed by atoms with Crippen LogP contribution in [0.4, 0.5) is 11.4 Å². The Morgan fingerprint density at radius 1 is 0.604 bits per heavy atom. The lowest BCUT2D eigenvalue weighted by Crippen LogP contribution is -2.29. The summed E-state index contributed by atoms with van der Waals surface area (Å²) in [7, 11) is 4.98. The van der Waals surface area contributed by atoms with Gasteiger partial charge in [-0.1, -0.05) is 84.9 Å². The van der Waals surface area contributed by atoms with Crippen LogP contribution in [0.25, 0.3) is 0 Å². The summed E-state index contributed by atoms with van der Waals surface area (Å²) in [5.74, 6) is -2.96. The van der Waals surface area contributed by atoms with E-state index in [1.165, 1.54) is 40.7 Å². The third kappa shape index (κ3) is 15.4. The molecule has 0 bridgehead atoms. The highest BCUT2D eigenvalue weighted by atomic mass is 35.5. The van der Waals surface area contributed by atoms with Crippen LogP contribution in [0.3, 0.4) is 0 Å². The van der Waals surface area contributed by atoms with Crippen LogP contribution < -0.4 is 10.4 Å². The number of ether oxygens (including phenoxy) is 4. The molecule has 0 aromatic heterocycles. The zero-order valence-electron chi connectivity index (χ0n) is 29.3. The maximum Gasteiger partial charge on any atom is 0.340 e. The van der Waals surface area contributed by atoms with Crippen molar-refractivity contribution < 1.29 is 47.7 Å². The topological polar surface area (TPSA) is 179 Å². The van der Waals surface area contributed by atoms with E-state index in [9.17, 15) is 28.8 Å². The molecule has 0 heterocycles. The zero-order chi connectivity index (χ0) is 39.0. The number of carbonyl (C=O) groups is 6. The molecule has 15 heteroatoms. The van der Waals surface area contributed by atoms with Crippen molar-refractivity contribution in [1.82, 2.24) is 0 Å². The highest BCUT2D eigenvalue weighted by molar-refractivity contribution is 6.64. The van der Waals surface area contributed by atoms with Crippen molar-refractivity contribution in [2.24, 2.45) is 10.2 Å². The quantitative estimate of drug-likeness (QED) is 0.0474. The number of halogens is 1. The van der Waals surface area contributed by atoms with Crippen molar-refractivity contribution in [2.75, 3.05) is 38.9 Å². The van der Waals surface area contributed by atoms with E-state index in [0.29, 0.717) is 11.3 Å². The SMILES string of the molecule is COC(=O)CC(=O)Cl.COC(=O)CC(=O)N(/N=C/c1ccccc1)c1ccccc1C(=O)OC.COC(=O)c1ccccc1N/N=C/c1ccccc1. The zero-order valence-corrected chi connectivity index (χ0v) is 30.0. The molecule has 0 saturated heterocycles. The van der Waals surface area contributed by atoms with Crippen molar-refractivity contribution >= 4 is 70.4 Å². The highest BCUT2D eigenvalue weighted by Gasteiger charge is 2.24. The lowest BCUT2D eigenvalue weighted by molar-refractivity contribution is -0.144. The second-order valence-corrected chi connectivity index (χ2v) is 10.5. The number of hydrazone groups is 2. The standard InChI is InChI=1S/C19H18N2O5.C15H14N2O2.C4H5ClO3/c1-25-18(23)12-17(22)21(20-13-14-8-4-3-5-9-14)16-11-7-6-10-15(16)19(24)26-2;1-19-15(18)13-9-5-6-10-14(13)17-16-11-12-7-3-2-4-8-12;1-8-4(7)2-3(5)6/h3-11,13H,12H2,1-2H3;2-11,17H,1H3;2H2,1H3/b20-13+;16-11+;. The molecule has 14 nitrogen and oxygen atoms in total. The normalized spacial score (nSPS) is 10.1. The number of nitrogens with one attached hydrogen (secondary N) is 1. The van der Waals surface area contributed by atoms with Crippen LogP contribution in [0.15, 0.2) is 119 Å². The van der Waals surface area contributed by atoms with Gasteiger partial charge in [0.25, 0.3) is 5.91 Å². The Hall–Kier alpha value is -6.67. The molecule has 0 atom stereocenters. The molecule has 53 heavy (non-hydrogen) atoms. The van der Waals surface area contributed by atoms with Gasteiger partial charge in [-0.3, -0.25) is 24.6 Å². The first kappa shape index (κ1) is 42.5. The summed E-state index contributed by atoms with van der Waals surface area (Å²) in [6.45, 7) is 0. The van der Waals surface area contributed by atoms with Gasteiger partial charge in [0.2, 0.25) is 5.24 Å². The monoisotopic (exact) mass is 744 g/mol. The van der Waals surface area contributed by atoms with Gasteiger partial charge >= 0.3 is 23.9 Å². The Morgan fingerprint density at radius 2 is 1.08 bits per heavy atom.